The summed E-state index contributed by atoms with van der Waals surface area (Å²) in [5, 5.41) is 3.11. The van der Waals surface area contributed by atoms with E-state index in [1.165, 1.54) is 24.8 Å². The van der Waals surface area contributed by atoms with Gasteiger partial charge in [-0.2, -0.15) is 0 Å². The second-order valence-corrected chi connectivity index (χ2v) is 6.34. The van der Waals surface area contributed by atoms with E-state index in [1.807, 2.05) is 24.3 Å². The Morgan fingerprint density at radius 2 is 1.78 bits per heavy atom. The molecule has 2 rings (SSSR count). The summed E-state index contributed by atoms with van der Waals surface area (Å²) in [6, 6.07) is 8.31. The predicted molar refractivity (Wildman–Crippen MR) is 93.5 cm³/mol. The number of carbonyl (C=O) groups excluding carboxylic acids is 2. The minimum absolute atomic E-state index is 0.0280. The molecular weight excluding hydrogens is 288 g/mol. The Labute approximate surface area is 139 Å². The first-order valence-electron chi connectivity index (χ1n) is 8.76. The van der Waals surface area contributed by atoms with E-state index in [4.69, 9.17) is 0 Å². The van der Waals surface area contributed by atoms with Crippen molar-refractivity contribution in [3.63, 3.8) is 0 Å². The number of hydrogen-bond acceptors (Lipinski definition) is 2. The van der Waals surface area contributed by atoms with Crippen molar-refractivity contribution in [2.75, 3.05) is 11.4 Å². The molecule has 126 valence electrons. The molecule has 2 amide bonds. The summed E-state index contributed by atoms with van der Waals surface area (Å²) in [7, 11) is 0. The van der Waals surface area contributed by atoms with Crippen molar-refractivity contribution >= 4 is 17.5 Å². The van der Waals surface area contributed by atoms with Crippen LogP contribution in [-0.4, -0.2) is 24.4 Å². The zero-order chi connectivity index (χ0) is 16.7. The maximum absolute atomic E-state index is 12.1. The van der Waals surface area contributed by atoms with Crippen LogP contribution in [0.15, 0.2) is 24.3 Å². The quantitative estimate of drug-likeness (QED) is 0.874. The Kier molecular flexibility index (Phi) is 6.63. The van der Waals surface area contributed by atoms with Crippen LogP contribution in [0.2, 0.25) is 0 Å². The van der Waals surface area contributed by atoms with Crippen LogP contribution >= 0.6 is 0 Å². The highest BCUT2D eigenvalue weighted by atomic mass is 16.2. The highest BCUT2D eigenvalue weighted by Crippen LogP contribution is 2.18. The van der Waals surface area contributed by atoms with Crippen LogP contribution in [0.25, 0.3) is 0 Å². The standard InChI is InChI=1S/C19H28N2O2/c1-3-16-9-11-18(12-10-16)21(15(2)22)14-13-19(23)20-17-7-5-4-6-8-17/h9-12,17H,3-8,13-14H2,1-2H3,(H,20,23). The molecule has 1 fully saturated rings. The van der Waals surface area contributed by atoms with Crippen molar-refractivity contribution in [2.24, 2.45) is 0 Å². The third kappa shape index (κ3) is 5.38. The molecule has 1 aromatic rings. The van der Waals surface area contributed by atoms with Gasteiger partial charge in [0.1, 0.15) is 0 Å². The Hall–Kier alpha value is -1.84. The Balaban J connectivity index is 1.88. The first-order valence-corrected chi connectivity index (χ1v) is 8.76. The number of aryl methyl sites for hydroxylation is 1. The van der Waals surface area contributed by atoms with Crippen molar-refractivity contribution in [1.29, 1.82) is 0 Å². The number of nitrogens with zero attached hydrogens (tertiary/aromatic N) is 1. The van der Waals surface area contributed by atoms with Crippen LogP contribution in [-0.2, 0) is 16.0 Å². The molecule has 0 bridgehead atoms. The van der Waals surface area contributed by atoms with Crippen LogP contribution in [0, 0.1) is 0 Å². The molecular formula is C19H28N2O2. The minimum Gasteiger partial charge on any atom is -0.353 e. The third-order valence-corrected chi connectivity index (χ3v) is 4.57. The molecule has 1 aromatic carbocycles. The fourth-order valence-electron chi connectivity index (χ4n) is 3.14. The van der Waals surface area contributed by atoms with Crippen molar-refractivity contribution < 1.29 is 9.59 Å². The minimum atomic E-state index is -0.0280. The number of benzene rings is 1. The summed E-state index contributed by atoms with van der Waals surface area (Å²) in [6.45, 7) is 4.08. The Bertz CT molecular complexity index is 519. The lowest BCUT2D eigenvalue weighted by atomic mass is 9.95. The van der Waals surface area contributed by atoms with E-state index in [1.54, 1.807) is 11.8 Å². The van der Waals surface area contributed by atoms with Gasteiger partial charge in [-0.15, -0.1) is 0 Å². The molecule has 0 aromatic heterocycles. The number of carbonyl (C=O) groups is 2. The van der Waals surface area contributed by atoms with E-state index in [-0.39, 0.29) is 11.8 Å². The fraction of sp³-hybridized carbons (Fsp3) is 0.579. The van der Waals surface area contributed by atoms with E-state index in [0.717, 1.165) is 24.9 Å². The molecule has 1 saturated carbocycles. The number of anilines is 1. The molecule has 1 N–H and O–H groups in total. The van der Waals surface area contributed by atoms with Crippen molar-refractivity contribution in [1.82, 2.24) is 5.32 Å². The third-order valence-electron chi connectivity index (χ3n) is 4.57. The van der Waals surface area contributed by atoms with Gasteiger partial charge in [0.2, 0.25) is 11.8 Å². The molecule has 23 heavy (non-hydrogen) atoms. The zero-order valence-corrected chi connectivity index (χ0v) is 14.3. The lowest BCUT2D eigenvalue weighted by molar-refractivity contribution is -0.121. The number of nitrogens with one attached hydrogen (secondary N) is 1. The summed E-state index contributed by atoms with van der Waals surface area (Å²) in [5.41, 5.74) is 2.10. The van der Waals surface area contributed by atoms with E-state index in [9.17, 15) is 9.59 Å². The SMILES string of the molecule is CCc1ccc(N(CCC(=O)NC2CCCCC2)C(C)=O)cc1. The molecule has 0 unspecified atom stereocenters. The molecule has 4 nitrogen and oxygen atoms in total. The summed E-state index contributed by atoms with van der Waals surface area (Å²) < 4.78 is 0. The molecule has 0 radical (unpaired) electrons. The average molecular weight is 316 g/mol. The maximum Gasteiger partial charge on any atom is 0.223 e. The van der Waals surface area contributed by atoms with E-state index < -0.39 is 0 Å². The molecule has 0 spiro atoms. The van der Waals surface area contributed by atoms with Gasteiger partial charge < -0.3 is 10.2 Å². The van der Waals surface area contributed by atoms with Gasteiger partial charge in [-0.05, 0) is 37.0 Å². The van der Waals surface area contributed by atoms with Gasteiger partial charge in [0.25, 0.3) is 0 Å². The van der Waals surface area contributed by atoms with Gasteiger partial charge >= 0.3 is 0 Å². The molecule has 4 heteroatoms. The first-order chi connectivity index (χ1) is 11.1. The van der Waals surface area contributed by atoms with Crippen LogP contribution in [0.3, 0.4) is 0 Å². The first kappa shape index (κ1) is 17.5. The number of rotatable bonds is 6. The highest BCUT2D eigenvalue weighted by Gasteiger charge is 2.17. The van der Waals surface area contributed by atoms with Crippen LogP contribution in [0.5, 0.6) is 0 Å². The number of hydrogen-bond donors (Lipinski definition) is 1. The van der Waals surface area contributed by atoms with Crippen molar-refractivity contribution in [3.05, 3.63) is 29.8 Å². The summed E-state index contributed by atoms with van der Waals surface area (Å²) in [6.07, 6.45) is 7.18. The maximum atomic E-state index is 12.1. The predicted octanol–water partition coefficient (Wildman–Crippen LogP) is 3.44. The lowest BCUT2D eigenvalue weighted by Crippen LogP contribution is -2.39. The molecule has 0 heterocycles. The van der Waals surface area contributed by atoms with Crippen LogP contribution < -0.4 is 10.2 Å². The van der Waals surface area contributed by atoms with Gasteiger partial charge in [-0.25, -0.2) is 0 Å². The Morgan fingerprint density at radius 3 is 2.35 bits per heavy atom. The summed E-state index contributed by atoms with van der Waals surface area (Å²) in [4.78, 5) is 25.7. The van der Waals surface area contributed by atoms with Crippen LogP contribution in [0.1, 0.15) is 57.9 Å². The summed E-state index contributed by atoms with van der Waals surface area (Å²) in [5.74, 6) is 0.0213. The largest absolute Gasteiger partial charge is 0.353 e. The topological polar surface area (TPSA) is 49.4 Å². The molecule has 1 aliphatic rings. The smallest absolute Gasteiger partial charge is 0.223 e. The van der Waals surface area contributed by atoms with Crippen molar-refractivity contribution in [3.8, 4) is 0 Å². The molecule has 0 atom stereocenters. The second kappa shape index (κ2) is 8.70. The van der Waals surface area contributed by atoms with Gasteiger partial charge in [0.05, 0.1) is 0 Å². The normalized spacial score (nSPS) is 15.2. The van der Waals surface area contributed by atoms with Crippen molar-refractivity contribution in [2.45, 2.75) is 64.8 Å². The summed E-state index contributed by atoms with van der Waals surface area (Å²) >= 11 is 0. The van der Waals surface area contributed by atoms with Gasteiger partial charge in [-0.3, -0.25) is 9.59 Å². The van der Waals surface area contributed by atoms with Gasteiger partial charge in [-0.1, -0.05) is 38.3 Å². The Morgan fingerprint density at radius 1 is 1.13 bits per heavy atom. The van der Waals surface area contributed by atoms with E-state index in [2.05, 4.69) is 12.2 Å². The fourth-order valence-corrected chi connectivity index (χ4v) is 3.14. The van der Waals surface area contributed by atoms with Gasteiger partial charge in [0, 0.05) is 31.6 Å². The zero-order valence-electron chi connectivity index (χ0n) is 14.3. The molecule has 1 aliphatic carbocycles. The van der Waals surface area contributed by atoms with Gasteiger partial charge in [0.15, 0.2) is 0 Å². The molecule has 0 aliphatic heterocycles. The number of amides is 2. The average Bonchev–Trinajstić information content (AvgIpc) is 2.56. The van der Waals surface area contributed by atoms with E-state index >= 15 is 0 Å². The lowest BCUT2D eigenvalue weighted by Gasteiger charge is -2.24. The van der Waals surface area contributed by atoms with E-state index in [0.29, 0.717) is 19.0 Å². The molecule has 0 saturated heterocycles. The second-order valence-electron chi connectivity index (χ2n) is 6.34. The monoisotopic (exact) mass is 316 g/mol. The van der Waals surface area contributed by atoms with Crippen LogP contribution in [0.4, 0.5) is 5.69 Å². The highest BCUT2D eigenvalue weighted by molar-refractivity contribution is 5.92.